The van der Waals surface area contributed by atoms with Crippen LogP contribution in [0.25, 0.3) is 0 Å². The average molecular weight is 108 g/mol. The van der Waals surface area contributed by atoms with Gasteiger partial charge in [0.25, 0.3) is 12.4 Å². The van der Waals surface area contributed by atoms with Crippen molar-refractivity contribution < 1.29 is 0 Å². The van der Waals surface area contributed by atoms with Crippen LogP contribution in [0.3, 0.4) is 0 Å². The van der Waals surface area contributed by atoms with Crippen LogP contribution in [0, 0.1) is 11.8 Å². The van der Waals surface area contributed by atoms with Crippen LogP contribution in [-0.2, 0) is 0 Å². The minimum Gasteiger partial charge on any atom is -0.110 e. The van der Waals surface area contributed by atoms with E-state index in [0.717, 1.165) is 11.8 Å². The molecule has 1 nitrogen and oxygen atoms in total. The third-order valence-corrected chi connectivity index (χ3v) is 2.52. The van der Waals surface area contributed by atoms with E-state index >= 15 is 0 Å². The van der Waals surface area contributed by atoms with Crippen molar-refractivity contribution >= 4 is 12.4 Å². The predicted molar refractivity (Wildman–Crippen MR) is 35.1 cm³/mol. The minimum atomic E-state index is 0.882. The van der Waals surface area contributed by atoms with E-state index in [2.05, 4.69) is 11.4 Å². The van der Waals surface area contributed by atoms with Gasteiger partial charge in [-0.1, -0.05) is 0 Å². The van der Waals surface area contributed by atoms with Crippen LogP contribution in [-0.4, -0.2) is 12.4 Å². The second-order valence-electron chi connectivity index (χ2n) is 2.80. The van der Waals surface area contributed by atoms with Crippen molar-refractivity contribution in [3.05, 3.63) is 0 Å². The normalized spacial score (nSPS) is 41.2. The molecule has 0 bridgehead atoms. The van der Waals surface area contributed by atoms with Crippen molar-refractivity contribution in [2.75, 3.05) is 0 Å². The van der Waals surface area contributed by atoms with Crippen LogP contribution < -0.4 is 4.67 Å². The summed E-state index contributed by atoms with van der Waals surface area (Å²) >= 11 is 0. The van der Waals surface area contributed by atoms with Gasteiger partial charge in [-0.15, -0.1) is 4.67 Å². The lowest BCUT2D eigenvalue weighted by molar-refractivity contribution is 0.197. The van der Waals surface area contributed by atoms with Gasteiger partial charge >= 0.3 is 0 Å². The predicted octanol–water partition coefficient (Wildman–Crippen LogP) is 0.625. The highest BCUT2D eigenvalue weighted by Crippen LogP contribution is 2.46. The first-order valence-electron chi connectivity index (χ1n) is 3.24. The molecule has 1 heteroatoms. The average Bonchev–Trinajstić information content (AvgIpc) is 1.76. The van der Waals surface area contributed by atoms with E-state index in [4.69, 9.17) is 0 Å². The van der Waals surface area contributed by atoms with Crippen molar-refractivity contribution in [2.24, 2.45) is 11.8 Å². The van der Waals surface area contributed by atoms with Crippen molar-refractivity contribution in [3.63, 3.8) is 0 Å². The Morgan fingerprint density at radius 1 is 1.50 bits per heavy atom. The van der Waals surface area contributed by atoms with Gasteiger partial charge < -0.3 is 0 Å². The van der Waals surface area contributed by atoms with Gasteiger partial charge in [0.2, 0.25) is 0 Å². The Morgan fingerprint density at radius 3 is 2.50 bits per heavy atom. The molecule has 0 amide bonds. The number of hydrogen-bond acceptors (Lipinski definition) is 0. The summed E-state index contributed by atoms with van der Waals surface area (Å²) in [5.41, 5.74) is 1.38. The van der Waals surface area contributed by atoms with Gasteiger partial charge in [0, 0.05) is 6.42 Å². The van der Waals surface area contributed by atoms with E-state index in [0.29, 0.717) is 0 Å². The van der Waals surface area contributed by atoms with Crippen LogP contribution >= 0.6 is 0 Å². The SMILES string of the molecule is C=[N+]=C1CC2CCC12. The molecule has 2 saturated carbocycles. The minimum absolute atomic E-state index is 0.882. The van der Waals surface area contributed by atoms with Crippen LogP contribution in [0.5, 0.6) is 0 Å². The Kier molecular flexibility index (Phi) is 0.671. The number of rotatable bonds is 0. The van der Waals surface area contributed by atoms with E-state index in [1.807, 2.05) is 0 Å². The first kappa shape index (κ1) is 4.34. The summed E-state index contributed by atoms with van der Waals surface area (Å²) in [6.45, 7) is 3.51. The Hall–Kier alpha value is -0.550. The second-order valence-corrected chi connectivity index (χ2v) is 2.80. The van der Waals surface area contributed by atoms with Gasteiger partial charge in [-0.2, -0.15) is 0 Å². The summed E-state index contributed by atoms with van der Waals surface area (Å²) < 4.78 is 3.94. The topological polar surface area (TPSA) is 14.1 Å². The van der Waals surface area contributed by atoms with Gasteiger partial charge in [-0.25, -0.2) is 0 Å². The molecule has 2 aliphatic carbocycles. The summed E-state index contributed by atoms with van der Waals surface area (Å²) in [5, 5.41) is 0. The molecule has 0 saturated heterocycles. The zero-order valence-electron chi connectivity index (χ0n) is 4.93. The fourth-order valence-corrected chi connectivity index (χ4v) is 1.69. The fraction of sp³-hybridized carbons (Fsp3) is 0.714. The molecule has 2 atom stereocenters. The van der Waals surface area contributed by atoms with Crippen molar-refractivity contribution in [3.8, 4) is 0 Å². The highest BCUT2D eigenvalue weighted by Gasteiger charge is 2.50. The van der Waals surface area contributed by atoms with E-state index in [1.54, 1.807) is 0 Å². The lowest BCUT2D eigenvalue weighted by Gasteiger charge is -2.40. The van der Waals surface area contributed by atoms with E-state index in [9.17, 15) is 0 Å². The number of hydrogen-bond donors (Lipinski definition) is 0. The maximum Gasteiger partial charge on any atom is 0.283 e. The maximum absolute atomic E-state index is 3.94. The molecule has 2 fully saturated rings. The largest absolute Gasteiger partial charge is 0.283 e. The molecule has 0 radical (unpaired) electrons. The molecule has 2 aliphatic rings. The first-order chi connectivity index (χ1) is 3.92. The van der Waals surface area contributed by atoms with Crippen molar-refractivity contribution in [1.82, 2.24) is 4.67 Å². The molecule has 0 aromatic carbocycles. The zero-order valence-corrected chi connectivity index (χ0v) is 4.93. The fourth-order valence-electron chi connectivity index (χ4n) is 1.69. The zero-order chi connectivity index (χ0) is 5.56. The summed E-state index contributed by atoms with van der Waals surface area (Å²) in [5.74, 6) is 1.91. The third-order valence-electron chi connectivity index (χ3n) is 2.52. The molecule has 2 unspecified atom stereocenters. The third kappa shape index (κ3) is 0.317. The molecule has 0 spiro atoms. The van der Waals surface area contributed by atoms with Gasteiger partial charge in [-0.05, 0) is 18.8 Å². The Bertz CT molecular complexity index is 165. The van der Waals surface area contributed by atoms with E-state index in [-0.39, 0.29) is 0 Å². The molecule has 0 aromatic rings. The summed E-state index contributed by atoms with van der Waals surface area (Å²) in [6.07, 6.45) is 4.09. The lowest BCUT2D eigenvalue weighted by atomic mass is 9.58. The Morgan fingerprint density at radius 2 is 2.38 bits per heavy atom. The quantitative estimate of drug-likeness (QED) is 0.319. The standard InChI is InChI=1S/C7H10N/c1-8-7-4-5-2-3-6(5)7/h5-6H,1-4H2/q+1. The lowest BCUT2D eigenvalue weighted by Crippen LogP contribution is -2.45. The summed E-state index contributed by atoms with van der Waals surface area (Å²) in [6, 6.07) is 0. The second kappa shape index (κ2) is 1.24. The number of fused-ring (bicyclic) bond motifs is 1. The highest BCUT2D eigenvalue weighted by molar-refractivity contribution is 5.93. The van der Waals surface area contributed by atoms with E-state index in [1.165, 1.54) is 25.0 Å². The molecule has 42 valence electrons. The van der Waals surface area contributed by atoms with Crippen LogP contribution in [0.1, 0.15) is 19.3 Å². The Balaban J connectivity index is 2.17. The molecular formula is C7H10N+. The molecule has 0 heterocycles. The smallest absolute Gasteiger partial charge is 0.110 e. The first-order valence-corrected chi connectivity index (χ1v) is 3.24. The van der Waals surface area contributed by atoms with Gasteiger partial charge in [0.15, 0.2) is 0 Å². The van der Waals surface area contributed by atoms with Gasteiger partial charge in [-0.3, -0.25) is 0 Å². The van der Waals surface area contributed by atoms with Crippen LogP contribution in [0.4, 0.5) is 0 Å². The Labute approximate surface area is 49.2 Å². The molecule has 0 aliphatic heterocycles. The van der Waals surface area contributed by atoms with Crippen LogP contribution in [0.15, 0.2) is 0 Å². The monoisotopic (exact) mass is 108 g/mol. The van der Waals surface area contributed by atoms with Crippen molar-refractivity contribution in [1.29, 1.82) is 0 Å². The molecular weight excluding hydrogens is 98.1 g/mol. The molecule has 0 aromatic heterocycles. The van der Waals surface area contributed by atoms with E-state index < -0.39 is 0 Å². The molecule has 8 heavy (non-hydrogen) atoms. The van der Waals surface area contributed by atoms with Gasteiger partial charge in [0.1, 0.15) is 0 Å². The van der Waals surface area contributed by atoms with Crippen molar-refractivity contribution in [2.45, 2.75) is 19.3 Å². The molecule has 2 rings (SSSR count). The summed E-state index contributed by atoms with van der Waals surface area (Å²) in [4.78, 5) is 0. The van der Waals surface area contributed by atoms with Gasteiger partial charge in [0.05, 0.1) is 5.92 Å². The highest BCUT2D eigenvalue weighted by atomic mass is 14.7. The number of nitrogens with zero attached hydrogens (tertiary/aromatic N) is 1. The van der Waals surface area contributed by atoms with Crippen LogP contribution in [0.2, 0.25) is 0 Å². The summed E-state index contributed by atoms with van der Waals surface area (Å²) in [7, 11) is 0. The maximum atomic E-state index is 3.94. The molecule has 0 N–H and O–H groups in total.